The van der Waals surface area contributed by atoms with Crippen LogP contribution in [-0.4, -0.2) is 36.7 Å². The molecule has 1 unspecified atom stereocenters. The first-order valence-electron chi connectivity index (χ1n) is 6.46. The van der Waals surface area contributed by atoms with Gasteiger partial charge in [-0.15, -0.1) is 0 Å². The Labute approximate surface area is 98.3 Å². The molecule has 4 nitrogen and oxygen atoms in total. The van der Waals surface area contributed by atoms with Crippen LogP contribution in [-0.2, 0) is 9.53 Å². The van der Waals surface area contributed by atoms with Crippen LogP contribution in [0.5, 0.6) is 0 Å². The van der Waals surface area contributed by atoms with Gasteiger partial charge in [0, 0.05) is 13.1 Å². The summed E-state index contributed by atoms with van der Waals surface area (Å²) in [6.07, 6.45) is 5.22. The van der Waals surface area contributed by atoms with E-state index in [1.54, 1.807) is 0 Å². The van der Waals surface area contributed by atoms with Crippen molar-refractivity contribution in [3.8, 4) is 0 Å². The monoisotopic (exact) mass is 228 g/mol. The summed E-state index contributed by atoms with van der Waals surface area (Å²) in [5.41, 5.74) is 3.24. The van der Waals surface area contributed by atoms with Crippen molar-refractivity contribution in [1.29, 1.82) is 0 Å². The second-order valence-corrected chi connectivity index (χ2v) is 4.24. The molecule has 0 aromatic carbocycles. The number of unbranched alkanes of at least 4 members (excludes halogenated alkanes) is 1. The molecule has 1 atom stereocenters. The van der Waals surface area contributed by atoms with Crippen molar-refractivity contribution in [1.82, 2.24) is 10.4 Å². The van der Waals surface area contributed by atoms with Gasteiger partial charge in [-0.05, 0) is 25.7 Å². The maximum absolute atomic E-state index is 11.9. The average Bonchev–Trinajstić information content (AvgIpc) is 2.30. The van der Waals surface area contributed by atoms with Crippen LogP contribution in [0.1, 0.15) is 46.0 Å². The van der Waals surface area contributed by atoms with Gasteiger partial charge >= 0.3 is 5.97 Å². The first-order valence-corrected chi connectivity index (χ1v) is 6.46. The van der Waals surface area contributed by atoms with Crippen LogP contribution < -0.4 is 5.43 Å². The van der Waals surface area contributed by atoms with Gasteiger partial charge in [-0.25, -0.2) is 5.01 Å². The van der Waals surface area contributed by atoms with Gasteiger partial charge in [0.2, 0.25) is 0 Å². The fourth-order valence-electron chi connectivity index (χ4n) is 1.98. The molecule has 94 valence electrons. The lowest BCUT2D eigenvalue weighted by molar-refractivity contribution is -0.153. The topological polar surface area (TPSA) is 41.6 Å². The number of hydrogen-bond acceptors (Lipinski definition) is 4. The smallest absolute Gasteiger partial charge is 0.324 e. The van der Waals surface area contributed by atoms with Gasteiger partial charge in [0.25, 0.3) is 0 Å². The summed E-state index contributed by atoms with van der Waals surface area (Å²) in [5.74, 6) is -0.0610. The molecule has 0 amide bonds. The average molecular weight is 228 g/mol. The van der Waals surface area contributed by atoms with Crippen LogP contribution in [0.15, 0.2) is 0 Å². The number of esters is 1. The summed E-state index contributed by atoms with van der Waals surface area (Å²) in [6.45, 7) is 6.51. The van der Waals surface area contributed by atoms with Crippen LogP contribution in [0.25, 0.3) is 0 Å². The molecule has 0 bridgehead atoms. The molecular weight excluding hydrogens is 204 g/mol. The zero-order valence-corrected chi connectivity index (χ0v) is 10.5. The lowest BCUT2D eigenvalue weighted by atomic mass is 10.0. The number of ether oxygens (including phenoxy) is 1. The minimum atomic E-state index is -0.0782. The molecule has 1 rings (SSSR count). The second kappa shape index (κ2) is 7.63. The van der Waals surface area contributed by atoms with E-state index in [9.17, 15) is 4.79 Å². The maximum atomic E-state index is 11.9. The normalized spacial score (nSPS) is 22.0. The lowest BCUT2D eigenvalue weighted by Gasteiger charge is -2.33. The van der Waals surface area contributed by atoms with Crippen LogP contribution in [0.4, 0.5) is 0 Å². The van der Waals surface area contributed by atoms with Gasteiger partial charge < -0.3 is 4.74 Å². The molecular formula is C12H24N2O2. The number of nitrogens with zero attached hydrogens (tertiary/aromatic N) is 1. The zero-order valence-electron chi connectivity index (χ0n) is 10.5. The number of hydrazine groups is 1. The van der Waals surface area contributed by atoms with Gasteiger partial charge in [0.05, 0.1) is 6.61 Å². The molecule has 1 N–H and O–H groups in total. The molecule has 4 heteroatoms. The molecule has 1 heterocycles. The van der Waals surface area contributed by atoms with E-state index in [-0.39, 0.29) is 12.0 Å². The first-order chi connectivity index (χ1) is 7.79. The molecule has 0 spiro atoms. The SMILES string of the molecule is CCCCOC(=O)C1CCCCN1NCC. The highest BCUT2D eigenvalue weighted by Gasteiger charge is 2.29. The number of hydrogen-bond donors (Lipinski definition) is 1. The van der Waals surface area contributed by atoms with Gasteiger partial charge in [-0.1, -0.05) is 20.3 Å². The molecule has 1 aliphatic rings. The van der Waals surface area contributed by atoms with Crippen molar-refractivity contribution < 1.29 is 9.53 Å². The van der Waals surface area contributed by atoms with E-state index in [1.807, 2.05) is 11.9 Å². The molecule has 0 aromatic heterocycles. The number of rotatable bonds is 6. The van der Waals surface area contributed by atoms with Crippen LogP contribution in [0.2, 0.25) is 0 Å². The Kier molecular flexibility index (Phi) is 6.42. The van der Waals surface area contributed by atoms with Crippen molar-refractivity contribution in [2.75, 3.05) is 19.7 Å². The van der Waals surface area contributed by atoms with E-state index in [2.05, 4.69) is 12.3 Å². The number of carbonyl (C=O) groups excluding carboxylic acids is 1. The summed E-state index contributed by atoms with van der Waals surface area (Å²) in [7, 11) is 0. The standard InChI is InChI=1S/C12H24N2O2/c1-3-5-10-16-12(15)11-8-6-7-9-14(11)13-4-2/h11,13H,3-10H2,1-2H3. The Morgan fingerprint density at radius 1 is 1.44 bits per heavy atom. The molecule has 0 radical (unpaired) electrons. The second-order valence-electron chi connectivity index (χ2n) is 4.24. The van der Waals surface area contributed by atoms with Crippen molar-refractivity contribution >= 4 is 5.97 Å². The maximum Gasteiger partial charge on any atom is 0.324 e. The predicted molar refractivity (Wildman–Crippen MR) is 63.9 cm³/mol. The summed E-state index contributed by atoms with van der Waals surface area (Å²) >= 11 is 0. The highest BCUT2D eigenvalue weighted by molar-refractivity contribution is 5.75. The number of carbonyl (C=O) groups is 1. The van der Waals surface area contributed by atoms with Gasteiger partial charge in [0.1, 0.15) is 6.04 Å². The molecule has 0 saturated carbocycles. The van der Waals surface area contributed by atoms with E-state index in [0.29, 0.717) is 6.61 Å². The highest BCUT2D eigenvalue weighted by Crippen LogP contribution is 2.16. The van der Waals surface area contributed by atoms with E-state index in [0.717, 1.165) is 45.2 Å². The largest absolute Gasteiger partial charge is 0.464 e. The fourth-order valence-corrected chi connectivity index (χ4v) is 1.98. The Hall–Kier alpha value is -0.610. The summed E-state index contributed by atoms with van der Waals surface area (Å²) in [4.78, 5) is 11.9. The summed E-state index contributed by atoms with van der Waals surface area (Å²) < 4.78 is 5.28. The van der Waals surface area contributed by atoms with Gasteiger partial charge in [-0.2, -0.15) is 0 Å². The third-order valence-corrected chi connectivity index (χ3v) is 2.88. The van der Waals surface area contributed by atoms with Crippen molar-refractivity contribution in [3.05, 3.63) is 0 Å². The first kappa shape index (κ1) is 13.5. The number of nitrogens with one attached hydrogen (secondary N) is 1. The highest BCUT2D eigenvalue weighted by atomic mass is 16.5. The Morgan fingerprint density at radius 3 is 2.94 bits per heavy atom. The fraction of sp³-hybridized carbons (Fsp3) is 0.917. The van der Waals surface area contributed by atoms with Crippen molar-refractivity contribution in [2.45, 2.75) is 52.0 Å². The molecule has 16 heavy (non-hydrogen) atoms. The third-order valence-electron chi connectivity index (χ3n) is 2.88. The summed E-state index contributed by atoms with van der Waals surface area (Å²) in [5, 5.41) is 2.04. The quantitative estimate of drug-likeness (QED) is 0.555. The Balaban J connectivity index is 2.37. The van der Waals surface area contributed by atoms with Crippen LogP contribution in [0.3, 0.4) is 0 Å². The minimum absolute atomic E-state index is 0.0610. The Morgan fingerprint density at radius 2 is 2.25 bits per heavy atom. The van der Waals surface area contributed by atoms with Crippen molar-refractivity contribution in [3.63, 3.8) is 0 Å². The van der Waals surface area contributed by atoms with E-state index in [1.165, 1.54) is 0 Å². The molecule has 1 saturated heterocycles. The third kappa shape index (κ3) is 4.10. The zero-order chi connectivity index (χ0) is 11.8. The molecule has 0 aromatic rings. The van der Waals surface area contributed by atoms with Crippen LogP contribution >= 0.6 is 0 Å². The molecule has 0 aliphatic carbocycles. The molecule has 1 aliphatic heterocycles. The van der Waals surface area contributed by atoms with E-state index in [4.69, 9.17) is 4.74 Å². The predicted octanol–water partition coefficient (Wildman–Crippen LogP) is 1.71. The van der Waals surface area contributed by atoms with Crippen molar-refractivity contribution in [2.24, 2.45) is 0 Å². The van der Waals surface area contributed by atoms with E-state index >= 15 is 0 Å². The number of piperidine rings is 1. The molecule has 1 fully saturated rings. The van der Waals surface area contributed by atoms with E-state index < -0.39 is 0 Å². The van der Waals surface area contributed by atoms with Gasteiger partial charge in [-0.3, -0.25) is 10.2 Å². The lowest BCUT2D eigenvalue weighted by Crippen LogP contribution is -2.52. The summed E-state index contributed by atoms with van der Waals surface area (Å²) in [6, 6.07) is -0.0782. The Bertz CT molecular complexity index is 207. The van der Waals surface area contributed by atoms with Crippen LogP contribution in [0, 0.1) is 0 Å². The minimum Gasteiger partial charge on any atom is -0.464 e. The van der Waals surface area contributed by atoms with Gasteiger partial charge in [0.15, 0.2) is 0 Å².